The van der Waals surface area contributed by atoms with Crippen LogP contribution in [0.15, 0.2) is 58.1 Å². The van der Waals surface area contributed by atoms with Gasteiger partial charge in [-0.1, -0.05) is 29.8 Å². The number of hydrogen-bond acceptors (Lipinski definition) is 4. The Hall–Kier alpha value is -3.35. The molecule has 0 radical (unpaired) electrons. The quantitative estimate of drug-likeness (QED) is 0.716. The van der Waals surface area contributed by atoms with Gasteiger partial charge in [-0.2, -0.15) is 0 Å². The van der Waals surface area contributed by atoms with E-state index in [1.807, 2.05) is 31.2 Å². The number of rotatable bonds is 6. The van der Waals surface area contributed by atoms with Gasteiger partial charge in [0.25, 0.3) is 11.1 Å². The third-order valence-corrected chi connectivity index (χ3v) is 4.32. The number of fused-ring (bicyclic) bond motifs is 1. The summed E-state index contributed by atoms with van der Waals surface area (Å²) >= 11 is 0. The second-order valence-electron chi connectivity index (χ2n) is 6.35. The first-order valence-corrected chi connectivity index (χ1v) is 8.61. The number of likely N-dealkylation sites (N-methyl/N-ethyl adjacent to an activating group) is 1. The molecule has 0 aliphatic heterocycles. The third-order valence-electron chi connectivity index (χ3n) is 4.32. The van der Waals surface area contributed by atoms with Crippen LogP contribution in [-0.2, 0) is 11.3 Å². The number of benzene rings is 2. The van der Waals surface area contributed by atoms with Crippen molar-refractivity contribution in [1.29, 1.82) is 0 Å². The molecular weight excluding hydrogens is 346 g/mol. The van der Waals surface area contributed by atoms with Gasteiger partial charge in [-0.25, -0.2) is 4.68 Å². The Morgan fingerprint density at radius 1 is 1.07 bits per heavy atom. The minimum Gasteiger partial charge on any atom is -0.492 e. The summed E-state index contributed by atoms with van der Waals surface area (Å²) in [6.45, 7) is 2.45. The van der Waals surface area contributed by atoms with Crippen molar-refractivity contribution < 1.29 is 9.53 Å². The molecule has 1 amide bonds. The number of H-pyrrole nitrogens is 1. The van der Waals surface area contributed by atoms with E-state index in [1.54, 1.807) is 31.3 Å². The predicted octanol–water partition coefficient (Wildman–Crippen LogP) is 1.54. The van der Waals surface area contributed by atoms with Crippen LogP contribution in [0.25, 0.3) is 10.8 Å². The molecule has 7 heteroatoms. The summed E-state index contributed by atoms with van der Waals surface area (Å²) in [6.07, 6.45) is 0. The molecule has 0 spiro atoms. The van der Waals surface area contributed by atoms with Crippen LogP contribution in [0, 0.1) is 6.92 Å². The molecule has 0 aliphatic rings. The second-order valence-corrected chi connectivity index (χ2v) is 6.35. The van der Waals surface area contributed by atoms with Crippen molar-refractivity contribution in [3.63, 3.8) is 0 Å². The predicted molar refractivity (Wildman–Crippen MR) is 103 cm³/mol. The molecule has 0 aliphatic carbocycles. The summed E-state index contributed by atoms with van der Waals surface area (Å²) in [6, 6.07) is 14.2. The molecule has 0 bridgehead atoms. The summed E-state index contributed by atoms with van der Waals surface area (Å²) in [5, 5.41) is 3.06. The van der Waals surface area contributed by atoms with Gasteiger partial charge in [0, 0.05) is 7.05 Å². The molecule has 1 aromatic heterocycles. The maximum absolute atomic E-state index is 12.5. The zero-order chi connectivity index (χ0) is 19.4. The smallest absolute Gasteiger partial charge is 0.273 e. The average Bonchev–Trinajstić information content (AvgIpc) is 2.67. The molecule has 2 aromatic carbocycles. The van der Waals surface area contributed by atoms with Crippen molar-refractivity contribution >= 4 is 16.7 Å². The van der Waals surface area contributed by atoms with Crippen molar-refractivity contribution in [2.75, 3.05) is 20.2 Å². The Kier molecular flexibility index (Phi) is 5.40. The van der Waals surface area contributed by atoms with E-state index in [-0.39, 0.29) is 12.5 Å². The highest BCUT2D eigenvalue weighted by Gasteiger charge is 2.13. The molecule has 3 rings (SSSR count). The zero-order valence-corrected chi connectivity index (χ0v) is 15.3. The Balaban J connectivity index is 1.63. The lowest BCUT2D eigenvalue weighted by atomic mass is 10.2. The van der Waals surface area contributed by atoms with Gasteiger partial charge in [-0.15, -0.1) is 0 Å². The molecule has 1 N–H and O–H groups in total. The highest BCUT2D eigenvalue weighted by atomic mass is 16.5. The van der Waals surface area contributed by atoms with Crippen LogP contribution < -0.4 is 15.9 Å². The van der Waals surface area contributed by atoms with Crippen LogP contribution in [0.2, 0.25) is 0 Å². The number of aromatic amines is 1. The SMILES string of the molecule is Cc1ccc(OCCN(C)C(=O)Cn2[nH]c(=O)c3ccccc3c2=O)cc1. The standard InChI is InChI=1S/C20H21N3O4/c1-14-7-9-15(10-8-14)27-12-11-22(2)18(24)13-23-20(26)17-6-4-3-5-16(17)19(25)21-23/h3-10H,11-13H2,1-2H3,(H,21,25). The maximum Gasteiger partial charge on any atom is 0.273 e. The number of hydrogen-bond donors (Lipinski definition) is 1. The highest BCUT2D eigenvalue weighted by Crippen LogP contribution is 2.11. The minimum atomic E-state index is -0.400. The Bertz CT molecular complexity index is 1070. The van der Waals surface area contributed by atoms with E-state index in [0.29, 0.717) is 23.9 Å². The summed E-state index contributed by atoms with van der Waals surface area (Å²) in [4.78, 5) is 38.4. The topological polar surface area (TPSA) is 84.4 Å². The van der Waals surface area contributed by atoms with Crippen LogP contribution >= 0.6 is 0 Å². The van der Waals surface area contributed by atoms with E-state index in [1.165, 1.54) is 4.90 Å². The Morgan fingerprint density at radius 3 is 2.44 bits per heavy atom. The molecule has 140 valence electrons. The summed E-state index contributed by atoms with van der Waals surface area (Å²) in [7, 11) is 1.63. The van der Waals surface area contributed by atoms with Gasteiger partial charge in [-0.05, 0) is 31.2 Å². The lowest BCUT2D eigenvalue weighted by molar-refractivity contribution is -0.131. The van der Waals surface area contributed by atoms with Crippen LogP contribution in [0.5, 0.6) is 5.75 Å². The zero-order valence-electron chi connectivity index (χ0n) is 15.3. The first-order chi connectivity index (χ1) is 13.0. The van der Waals surface area contributed by atoms with Crippen molar-refractivity contribution in [3.8, 4) is 5.75 Å². The van der Waals surface area contributed by atoms with Gasteiger partial charge in [0.1, 0.15) is 18.9 Å². The van der Waals surface area contributed by atoms with Crippen molar-refractivity contribution in [2.24, 2.45) is 0 Å². The van der Waals surface area contributed by atoms with Crippen LogP contribution in [-0.4, -0.2) is 40.8 Å². The summed E-state index contributed by atoms with van der Waals surface area (Å²) < 4.78 is 6.66. The van der Waals surface area contributed by atoms with Crippen molar-refractivity contribution in [1.82, 2.24) is 14.7 Å². The average molecular weight is 367 g/mol. The monoisotopic (exact) mass is 367 g/mol. The molecule has 0 saturated heterocycles. The fraction of sp³-hybridized carbons (Fsp3) is 0.250. The number of nitrogens with zero attached hydrogens (tertiary/aromatic N) is 2. The number of carbonyl (C=O) groups is 1. The van der Waals surface area contributed by atoms with E-state index in [4.69, 9.17) is 4.74 Å². The molecule has 0 saturated carbocycles. The first kappa shape index (κ1) is 18.4. The van der Waals surface area contributed by atoms with E-state index in [9.17, 15) is 14.4 Å². The maximum atomic E-state index is 12.5. The summed E-state index contributed by atoms with van der Waals surface area (Å²) in [5.41, 5.74) is 0.343. The molecule has 0 unspecified atom stereocenters. The van der Waals surface area contributed by atoms with Crippen molar-refractivity contribution in [2.45, 2.75) is 13.5 Å². The van der Waals surface area contributed by atoms with Crippen molar-refractivity contribution in [3.05, 3.63) is 74.8 Å². The van der Waals surface area contributed by atoms with Gasteiger partial charge in [0.2, 0.25) is 5.91 Å². The lowest BCUT2D eigenvalue weighted by Crippen LogP contribution is -2.39. The fourth-order valence-corrected chi connectivity index (χ4v) is 2.67. The Labute approximate surface area is 155 Å². The highest BCUT2D eigenvalue weighted by molar-refractivity contribution is 5.81. The third kappa shape index (κ3) is 4.25. The Morgan fingerprint density at radius 2 is 1.74 bits per heavy atom. The van der Waals surface area contributed by atoms with E-state index >= 15 is 0 Å². The number of amides is 1. The molecular formula is C20H21N3O4. The van der Waals surface area contributed by atoms with Crippen LogP contribution in [0.1, 0.15) is 5.56 Å². The summed E-state index contributed by atoms with van der Waals surface area (Å²) in [5.74, 6) is 0.437. The largest absolute Gasteiger partial charge is 0.492 e. The molecule has 7 nitrogen and oxygen atoms in total. The van der Waals surface area contributed by atoms with Gasteiger partial charge in [0.05, 0.1) is 17.3 Å². The van der Waals surface area contributed by atoms with Gasteiger partial charge in [0.15, 0.2) is 0 Å². The number of aryl methyl sites for hydroxylation is 1. The molecule has 1 heterocycles. The number of carbonyl (C=O) groups excluding carboxylic acids is 1. The molecule has 27 heavy (non-hydrogen) atoms. The van der Waals surface area contributed by atoms with E-state index < -0.39 is 11.1 Å². The molecule has 3 aromatic rings. The normalized spacial score (nSPS) is 10.7. The second kappa shape index (κ2) is 7.90. The van der Waals surface area contributed by atoms with Gasteiger partial charge < -0.3 is 9.64 Å². The molecule has 0 fully saturated rings. The van der Waals surface area contributed by atoms with Crippen LogP contribution in [0.3, 0.4) is 0 Å². The number of aromatic nitrogens is 2. The minimum absolute atomic E-state index is 0.236. The molecule has 0 atom stereocenters. The fourth-order valence-electron chi connectivity index (χ4n) is 2.67. The van der Waals surface area contributed by atoms with E-state index in [2.05, 4.69) is 5.10 Å². The van der Waals surface area contributed by atoms with Gasteiger partial charge in [-0.3, -0.25) is 19.5 Å². The van der Waals surface area contributed by atoms with Crippen LogP contribution in [0.4, 0.5) is 0 Å². The van der Waals surface area contributed by atoms with E-state index in [0.717, 1.165) is 16.0 Å². The lowest BCUT2D eigenvalue weighted by Gasteiger charge is -2.18. The number of nitrogens with one attached hydrogen (secondary N) is 1. The number of ether oxygens (including phenoxy) is 1. The first-order valence-electron chi connectivity index (χ1n) is 8.61. The van der Waals surface area contributed by atoms with Gasteiger partial charge >= 0.3 is 0 Å².